The van der Waals surface area contributed by atoms with Crippen LogP contribution in [0.4, 0.5) is 0 Å². The number of carbonyl (C=O) groups is 1. The van der Waals surface area contributed by atoms with Gasteiger partial charge in [0, 0.05) is 17.4 Å². The molecule has 4 fully saturated rings. The van der Waals surface area contributed by atoms with Gasteiger partial charge in [0.25, 0.3) is 0 Å². The van der Waals surface area contributed by atoms with Gasteiger partial charge in [-0.3, -0.25) is 4.79 Å². The van der Waals surface area contributed by atoms with E-state index in [1.54, 1.807) is 23.7 Å². The summed E-state index contributed by atoms with van der Waals surface area (Å²) in [6, 6.07) is 7.23. The SMILES string of the molecule is CC(=O)c1ccc(-n2cc(CO[C@H]3O[C@@H]4O[C@@]5(C)O[C@]46[C@@H](CC[C@@H](C)[C@@H]6C[C@H]5O)[C@H]3C)nn2)cc1. The van der Waals surface area contributed by atoms with Gasteiger partial charge >= 0.3 is 0 Å². The van der Waals surface area contributed by atoms with Crippen molar-refractivity contribution in [2.45, 2.75) is 83.6 Å². The predicted octanol–water partition coefficient (Wildman–Crippen LogP) is 3.23. The highest BCUT2D eigenvalue weighted by atomic mass is 16.9. The van der Waals surface area contributed by atoms with E-state index in [1.807, 2.05) is 25.3 Å². The Hall–Kier alpha value is -2.17. The van der Waals surface area contributed by atoms with Crippen molar-refractivity contribution in [3.8, 4) is 5.69 Å². The Labute approximate surface area is 204 Å². The number of ketones is 1. The summed E-state index contributed by atoms with van der Waals surface area (Å²) in [5, 5.41) is 19.2. The van der Waals surface area contributed by atoms with Crippen LogP contribution in [0.3, 0.4) is 0 Å². The Balaban J connectivity index is 1.18. The lowest BCUT2D eigenvalue weighted by molar-refractivity contribution is -0.341. The fourth-order valence-corrected chi connectivity index (χ4v) is 6.78. The molecular weight excluding hydrogens is 450 g/mol. The Morgan fingerprint density at radius 3 is 2.74 bits per heavy atom. The number of carbonyl (C=O) groups excluding carboxylic acids is 1. The van der Waals surface area contributed by atoms with Crippen LogP contribution in [-0.2, 0) is 25.6 Å². The van der Waals surface area contributed by atoms with Crippen LogP contribution in [0.25, 0.3) is 5.69 Å². The molecule has 0 unspecified atom stereocenters. The van der Waals surface area contributed by atoms with Crippen molar-refractivity contribution in [2.24, 2.45) is 23.7 Å². The maximum absolute atomic E-state index is 11.5. The molecule has 1 N–H and O–H groups in total. The minimum Gasteiger partial charge on any atom is -0.388 e. The lowest BCUT2D eigenvalue weighted by atomic mass is 9.57. The third-order valence-corrected chi connectivity index (χ3v) is 8.75. The van der Waals surface area contributed by atoms with Gasteiger partial charge in [-0.25, -0.2) is 4.68 Å². The zero-order chi connectivity index (χ0) is 24.5. The molecule has 1 aliphatic carbocycles. The monoisotopic (exact) mass is 483 g/mol. The Morgan fingerprint density at radius 1 is 1.23 bits per heavy atom. The Bertz CT molecular complexity index is 1120. The summed E-state index contributed by atoms with van der Waals surface area (Å²) in [4.78, 5) is 11.5. The summed E-state index contributed by atoms with van der Waals surface area (Å²) >= 11 is 0. The number of Topliss-reactive ketones (excluding diaryl/α,β-unsaturated/α-hetero) is 1. The molecule has 4 heterocycles. The number of fused-ring (bicyclic) bond motifs is 1. The van der Waals surface area contributed by atoms with Gasteiger partial charge in [-0.2, -0.15) is 0 Å². The number of aliphatic hydroxyl groups is 1. The predicted molar refractivity (Wildman–Crippen MR) is 123 cm³/mol. The third kappa shape index (κ3) is 3.51. The van der Waals surface area contributed by atoms with E-state index in [-0.39, 0.29) is 30.1 Å². The molecule has 35 heavy (non-hydrogen) atoms. The van der Waals surface area contributed by atoms with Crippen molar-refractivity contribution in [3.05, 3.63) is 41.7 Å². The summed E-state index contributed by atoms with van der Waals surface area (Å²) < 4.78 is 27.1. The van der Waals surface area contributed by atoms with E-state index in [9.17, 15) is 9.90 Å². The minimum atomic E-state index is -1.05. The van der Waals surface area contributed by atoms with E-state index in [1.165, 1.54) is 0 Å². The van der Waals surface area contributed by atoms with Crippen LogP contribution in [0.1, 0.15) is 63.0 Å². The average molecular weight is 484 g/mol. The smallest absolute Gasteiger partial charge is 0.195 e. The topological polar surface area (TPSA) is 105 Å². The quantitative estimate of drug-likeness (QED) is 0.647. The number of benzene rings is 1. The molecule has 9 heteroatoms. The van der Waals surface area contributed by atoms with Gasteiger partial charge in [0.2, 0.25) is 0 Å². The number of aromatic nitrogens is 3. The fourth-order valence-electron chi connectivity index (χ4n) is 6.78. The van der Waals surface area contributed by atoms with Gasteiger partial charge in [-0.1, -0.05) is 19.1 Å². The molecule has 2 bridgehead atoms. The number of nitrogens with zero attached hydrogens (tertiary/aromatic N) is 3. The van der Waals surface area contributed by atoms with Gasteiger partial charge in [-0.05, 0) is 69.2 Å². The molecule has 0 amide bonds. The normalized spacial score (nSPS) is 42.0. The molecule has 9 nitrogen and oxygen atoms in total. The van der Waals surface area contributed by atoms with Crippen LogP contribution in [0.2, 0.25) is 0 Å². The van der Waals surface area contributed by atoms with E-state index in [0.717, 1.165) is 18.5 Å². The standard InChI is InChI=1S/C26H33N3O6/c1-14-5-10-20-15(2)23(33-24-26(20)21(14)11-22(31)25(4,34-24)35-26)32-13-18-12-29(28-27-18)19-8-6-17(7-9-19)16(3)30/h6-9,12,14-15,20-24,31H,5,10-11,13H2,1-4H3/t14-,15-,20+,21+,22-,23+,24-,25+,26+/m1/s1. The van der Waals surface area contributed by atoms with Gasteiger partial charge in [0.15, 0.2) is 24.2 Å². The number of hydrogen-bond acceptors (Lipinski definition) is 8. The number of rotatable bonds is 5. The Kier molecular flexibility index (Phi) is 5.43. The van der Waals surface area contributed by atoms with E-state index in [4.69, 9.17) is 18.9 Å². The summed E-state index contributed by atoms with van der Waals surface area (Å²) in [5.41, 5.74) is 1.61. The van der Waals surface area contributed by atoms with Crippen LogP contribution in [0.15, 0.2) is 30.5 Å². The second-order valence-corrected chi connectivity index (χ2v) is 10.9. The summed E-state index contributed by atoms with van der Waals surface area (Å²) in [7, 11) is 0. The zero-order valence-corrected chi connectivity index (χ0v) is 20.6. The maximum Gasteiger partial charge on any atom is 0.195 e. The number of ether oxygens (including phenoxy) is 4. The largest absolute Gasteiger partial charge is 0.388 e. The molecular formula is C26H33N3O6. The molecule has 1 aromatic heterocycles. The highest BCUT2D eigenvalue weighted by Crippen LogP contribution is 2.63. The molecule has 3 saturated heterocycles. The van der Waals surface area contributed by atoms with Gasteiger partial charge < -0.3 is 24.1 Å². The Morgan fingerprint density at radius 2 is 2.00 bits per heavy atom. The van der Waals surface area contributed by atoms with Crippen LogP contribution >= 0.6 is 0 Å². The molecule has 4 aliphatic rings. The first-order valence-electron chi connectivity index (χ1n) is 12.6. The number of aliphatic hydroxyl groups excluding tert-OH is 1. The molecule has 2 aromatic rings. The third-order valence-electron chi connectivity index (χ3n) is 8.75. The van der Waals surface area contributed by atoms with Gasteiger partial charge in [-0.15, -0.1) is 5.10 Å². The molecule has 1 spiro atoms. The minimum absolute atomic E-state index is 0.0235. The molecule has 6 rings (SSSR count). The summed E-state index contributed by atoms with van der Waals surface area (Å²) in [6.45, 7) is 8.01. The molecule has 0 radical (unpaired) electrons. The molecule has 1 saturated carbocycles. The molecule has 3 aliphatic heterocycles. The second kappa shape index (κ2) is 8.18. The van der Waals surface area contributed by atoms with Crippen molar-refractivity contribution >= 4 is 5.78 Å². The van der Waals surface area contributed by atoms with Crippen LogP contribution in [-0.4, -0.2) is 56.0 Å². The van der Waals surface area contributed by atoms with E-state index in [0.29, 0.717) is 23.6 Å². The fraction of sp³-hybridized carbons (Fsp3) is 0.654. The highest BCUT2D eigenvalue weighted by Gasteiger charge is 2.73. The highest BCUT2D eigenvalue weighted by molar-refractivity contribution is 5.94. The van der Waals surface area contributed by atoms with Gasteiger partial charge in [0.05, 0.1) is 18.5 Å². The van der Waals surface area contributed by atoms with Crippen LogP contribution in [0, 0.1) is 23.7 Å². The van der Waals surface area contributed by atoms with E-state index < -0.39 is 30.1 Å². The molecule has 9 atom stereocenters. The van der Waals surface area contributed by atoms with Gasteiger partial charge in [0.1, 0.15) is 17.4 Å². The van der Waals surface area contributed by atoms with Crippen LogP contribution < -0.4 is 0 Å². The molecule has 1 aromatic carbocycles. The van der Waals surface area contributed by atoms with Crippen molar-refractivity contribution < 1.29 is 28.8 Å². The first kappa shape index (κ1) is 23.2. The first-order valence-corrected chi connectivity index (χ1v) is 12.6. The van der Waals surface area contributed by atoms with Crippen molar-refractivity contribution in [3.63, 3.8) is 0 Å². The van der Waals surface area contributed by atoms with E-state index >= 15 is 0 Å². The van der Waals surface area contributed by atoms with E-state index in [2.05, 4.69) is 24.2 Å². The lowest BCUT2D eigenvalue weighted by Crippen LogP contribution is -2.67. The zero-order valence-electron chi connectivity index (χ0n) is 20.6. The second-order valence-electron chi connectivity index (χ2n) is 10.9. The number of hydrogen-bond donors (Lipinski definition) is 1. The summed E-state index contributed by atoms with van der Waals surface area (Å²) in [5.74, 6) is -0.0904. The first-order chi connectivity index (χ1) is 16.7. The summed E-state index contributed by atoms with van der Waals surface area (Å²) in [6.07, 6.45) is 2.86. The average Bonchev–Trinajstić information content (AvgIpc) is 3.40. The van der Waals surface area contributed by atoms with Crippen molar-refractivity contribution in [1.29, 1.82) is 0 Å². The molecule has 188 valence electrons. The van der Waals surface area contributed by atoms with Crippen molar-refractivity contribution in [2.75, 3.05) is 0 Å². The maximum atomic E-state index is 11.5. The lowest BCUT2D eigenvalue weighted by Gasteiger charge is -2.58. The van der Waals surface area contributed by atoms with Crippen molar-refractivity contribution in [1.82, 2.24) is 15.0 Å². The van der Waals surface area contributed by atoms with Crippen LogP contribution in [0.5, 0.6) is 0 Å².